The average molecular weight is 280 g/mol. The molecule has 1 aliphatic heterocycles. The number of nitrogens with zero attached hydrogens (tertiary/aromatic N) is 1. The van der Waals surface area contributed by atoms with E-state index in [1.54, 1.807) is 6.92 Å². The predicted octanol–water partition coefficient (Wildman–Crippen LogP) is 3.20. The van der Waals surface area contributed by atoms with Gasteiger partial charge in [0.05, 0.1) is 6.85 Å². The highest BCUT2D eigenvalue weighted by Crippen LogP contribution is 2.40. The molecule has 1 aliphatic rings. The van der Waals surface area contributed by atoms with Crippen LogP contribution in [0.5, 0.6) is 0 Å². The van der Waals surface area contributed by atoms with E-state index in [-0.39, 0.29) is 30.0 Å². The molecule has 0 radical (unpaired) electrons. The molecular weight excluding hydrogens is 250 g/mol. The number of carbonyl (C=O) groups excluding carboxylic acids is 1. The summed E-state index contributed by atoms with van der Waals surface area (Å²) < 4.78 is 46.2. The number of hydrogen-bond acceptors (Lipinski definition) is 3. The van der Waals surface area contributed by atoms with Gasteiger partial charge >= 0.3 is 5.97 Å². The zero-order valence-corrected chi connectivity index (χ0v) is 12.4. The molecule has 20 heavy (non-hydrogen) atoms. The molecule has 0 saturated carbocycles. The second-order valence-corrected chi connectivity index (χ2v) is 5.48. The monoisotopic (exact) mass is 280 g/mol. The standard InChI is InChI=1S/C17H25NO2/c1-4-16(19)20-17(15-9-6-5-7-10-15)11-8-12-18(3)13-14(17)2/h5-7,9-10,14H,4,8,11-13H2,1-3H3/i5D,6D,7D,9D,10D. The molecule has 2 atom stereocenters. The minimum Gasteiger partial charge on any atom is -0.454 e. The van der Waals surface area contributed by atoms with Crippen LogP contribution in [-0.2, 0) is 15.1 Å². The Bertz CT molecular complexity index is 652. The van der Waals surface area contributed by atoms with Crippen molar-refractivity contribution in [3.8, 4) is 0 Å². The largest absolute Gasteiger partial charge is 0.454 e. The van der Waals surface area contributed by atoms with Crippen molar-refractivity contribution in [3.05, 3.63) is 35.8 Å². The Kier molecular flexibility index (Phi) is 3.06. The molecule has 1 aromatic rings. The third-order valence-corrected chi connectivity index (χ3v) is 3.98. The SMILES string of the molecule is [2H]c1c([2H])c([2H])c(C2(OC(=O)CC)CCCN(C)CC2C)c([2H])c1[2H]. The molecule has 3 heteroatoms. The number of carbonyl (C=O) groups is 1. The Morgan fingerprint density at radius 2 is 2.20 bits per heavy atom. The van der Waals surface area contributed by atoms with E-state index in [1.165, 1.54) is 0 Å². The van der Waals surface area contributed by atoms with Crippen molar-refractivity contribution in [2.24, 2.45) is 5.92 Å². The highest BCUT2D eigenvalue weighted by molar-refractivity contribution is 5.69. The second-order valence-electron chi connectivity index (χ2n) is 5.48. The summed E-state index contributed by atoms with van der Waals surface area (Å²) in [4.78, 5) is 14.3. The van der Waals surface area contributed by atoms with Gasteiger partial charge in [-0.2, -0.15) is 0 Å². The van der Waals surface area contributed by atoms with Crippen LogP contribution in [0.25, 0.3) is 0 Å². The van der Waals surface area contributed by atoms with E-state index < -0.39 is 29.7 Å². The maximum absolute atomic E-state index is 12.2. The molecule has 0 aromatic heterocycles. The molecule has 0 aliphatic carbocycles. The van der Waals surface area contributed by atoms with E-state index in [0.717, 1.165) is 6.54 Å². The van der Waals surface area contributed by atoms with E-state index in [0.29, 0.717) is 19.4 Å². The van der Waals surface area contributed by atoms with Crippen LogP contribution in [0, 0.1) is 5.92 Å². The maximum Gasteiger partial charge on any atom is 0.306 e. The van der Waals surface area contributed by atoms with Gasteiger partial charge in [-0.05, 0) is 32.0 Å². The minimum absolute atomic E-state index is 0.100. The van der Waals surface area contributed by atoms with Crippen LogP contribution < -0.4 is 0 Å². The highest BCUT2D eigenvalue weighted by atomic mass is 16.6. The Balaban J connectivity index is 2.75. The van der Waals surface area contributed by atoms with Gasteiger partial charge in [-0.15, -0.1) is 0 Å². The van der Waals surface area contributed by atoms with Gasteiger partial charge in [0, 0.05) is 18.9 Å². The first-order chi connectivity index (χ1) is 11.7. The second kappa shape index (κ2) is 6.40. The zero-order chi connectivity index (χ0) is 18.9. The summed E-state index contributed by atoms with van der Waals surface area (Å²) >= 11 is 0. The summed E-state index contributed by atoms with van der Waals surface area (Å²) in [5.41, 5.74) is -1.12. The highest BCUT2D eigenvalue weighted by Gasteiger charge is 2.43. The first-order valence-electron chi connectivity index (χ1n) is 9.63. The van der Waals surface area contributed by atoms with Crippen molar-refractivity contribution in [1.82, 2.24) is 4.90 Å². The quantitative estimate of drug-likeness (QED) is 0.796. The molecule has 2 unspecified atom stereocenters. The maximum atomic E-state index is 12.2. The molecule has 3 nitrogen and oxygen atoms in total. The lowest BCUT2D eigenvalue weighted by molar-refractivity contribution is -0.168. The van der Waals surface area contributed by atoms with E-state index in [1.807, 2.05) is 14.0 Å². The van der Waals surface area contributed by atoms with Gasteiger partial charge in [-0.1, -0.05) is 44.1 Å². The van der Waals surface area contributed by atoms with Crippen molar-refractivity contribution in [1.29, 1.82) is 0 Å². The summed E-state index contributed by atoms with van der Waals surface area (Å²) in [6.07, 6.45) is 1.31. The molecule has 110 valence electrons. The molecular formula is C17H25NO2. The van der Waals surface area contributed by atoms with Crippen molar-refractivity contribution in [3.63, 3.8) is 0 Å². The fourth-order valence-electron chi connectivity index (χ4n) is 2.88. The van der Waals surface area contributed by atoms with E-state index >= 15 is 0 Å². The number of esters is 1. The minimum atomic E-state index is -1.22. The topological polar surface area (TPSA) is 29.5 Å². The molecule has 1 heterocycles. The molecule has 0 bridgehead atoms. The van der Waals surface area contributed by atoms with E-state index in [4.69, 9.17) is 11.6 Å². The van der Waals surface area contributed by atoms with Crippen LogP contribution in [0.1, 0.15) is 45.5 Å². The fraction of sp³-hybridized carbons (Fsp3) is 0.588. The Labute approximate surface area is 128 Å². The third kappa shape index (κ3) is 3.04. The molecule has 0 spiro atoms. The summed E-state index contributed by atoms with van der Waals surface area (Å²) in [5, 5.41) is 0. The molecule has 2 rings (SSSR count). The van der Waals surface area contributed by atoms with Crippen LogP contribution in [0.15, 0.2) is 30.2 Å². The molecule has 1 saturated heterocycles. The van der Waals surface area contributed by atoms with Gasteiger partial charge in [-0.3, -0.25) is 4.79 Å². The summed E-state index contributed by atoms with van der Waals surface area (Å²) in [5.74, 6) is -0.637. The lowest BCUT2D eigenvalue weighted by Crippen LogP contribution is -2.41. The number of rotatable bonds is 3. The molecule has 1 aromatic carbocycles. The number of hydrogen-bond donors (Lipinski definition) is 0. The summed E-state index contributed by atoms with van der Waals surface area (Å²) in [7, 11) is 1.97. The van der Waals surface area contributed by atoms with Gasteiger partial charge < -0.3 is 9.64 Å². The van der Waals surface area contributed by atoms with Crippen molar-refractivity contribution < 1.29 is 16.4 Å². The van der Waals surface area contributed by atoms with Crippen LogP contribution in [0.4, 0.5) is 0 Å². The fourth-order valence-corrected chi connectivity index (χ4v) is 2.88. The normalized spacial score (nSPS) is 31.4. The van der Waals surface area contributed by atoms with Gasteiger partial charge in [0.15, 0.2) is 0 Å². The number of benzene rings is 1. The van der Waals surface area contributed by atoms with Crippen molar-refractivity contribution in [2.45, 2.75) is 38.7 Å². The first kappa shape index (κ1) is 9.56. The molecule has 1 fully saturated rings. The van der Waals surface area contributed by atoms with Crippen molar-refractivity contribution in [2.75, 3.05) is 20.1 Å². The number of likely N-dealkylation sites (tertiary alicyclic amines) is 1. The lowest BCUT2D eigenvalue weighted by Gasteiger charge is -2.38. The Morgan fingerprint density at radius 3 is 2.85 bits per heavy atom. The predicted molar refractivity (Wildman–Crippen MR) is 80.4 cm³/mol. The lowest BCUT2D eigenvalue weighted by atomic mass is 9.79. The van der Waals surface area contributed by atoms with Crippen LogP contribution in [0.3, 0.4) is 0 Å². The van der Waals surface area contributed by atoms with Gasteiger partial charge in [-0.25, -0.2) is 0 Å². The third-order valence-electron chi connectivity index (χ3n) is 3.98. The Hall–Kier alpha value is -1.35. The summed E-state index contributed by atoms with van der Waals surface area (Å²) in [6, 6.07) is -1.80. The zero-order valence-electron chi connectivity index (χ0n) is 17.4. The van der Waals surface area contributed by atoms with E-state index in [9.17, 15) is 4.79 Å². The number of ether oxygens (including phenoxy) is 1. The van der Waals surface area contributed by atoms with E-state index in [2.05, 4.69) is 4.90 Å². The Morgan fingerprint density at radius 1 is 1.50 bits per heavy atom. The van der Waals surface area contributed by atoms with Crippen LogP contribution in [0.2, 0.25) is 0 Å². The van der Waals surface area contributed by atoms with Crippen LogP contribution in [-0.4, -0.2) is 31.0 Å². The first-order valence-corrected chi connectivity index (χ1v) is 7.13. The molecule has 0 amide bonds. The van der Waals surface area contributed by atoms with Crippen LogP contribution >= 0.6 is 0 Å². The van der Waals surface area contributed by atoms with Gasteiger partial charge in [0.25, 0.3) is 0 Å². The summed E-state index contributed by atoms with van der Waals surface area (Å²) in [6.45, 7) is 5.00. The average Bonchev–Trinajstić information content (AvgIpc) is 2.70. The molecule has 0 N–H and O–H groups in total. The van der Waals surface area contributed by atoms with Gasteiger partial charge in [0.1, 0.15) is 5.60 Å². The van der Waals surface area contributed by atoms with Crippen molar-refractivity contribution >= 4 is 5.97 Å². The smallest absolute Gasteiger partial charge is 0.306 e. The van der Waals surface area contributed by atoms with Gasteiger partial charge in [0.2, 0.25) is 0 Å².